The predicted octanol–water partition coefficient (Wildman–Crippen LogP) is 4.19. The summed E-state index contributed by atoms with van der Waals surface area (Å²) in [4.78, 5) is 78.7. The SMILES string of the molecule is Cc1c(C)c(S(=O)(=O)NC(N)=NCCC[C@H](NC(=O)[C@H](CCCCNC(=O)OC(C)(C)C)NC(=O)[C@@H](NC(=O)[C@@H](N)CCCN=C(N)NS(=O)(=O)c2c(C)c(C)c3c(c2C)CCC(C)(C)O3)C(C)C)C(=O)C=[N+]=[N-])c(C)c2c1OC(C)(C)CC2. The molecule has 4 atom stereocenters. The summed E-state index contributed by atoms with van der Waals surface area (Å²) in [6.07, 6.45) is 3.45. The number of nitrogens with zero attached hydrogens (tertiary/aromatic N) is 4. The molecule has 0 spiro atoms. The average Bonchev–Trinajstić information content (AvgIpc) is 1.32. The number of ketones is 1. The number of hydrogen-bond donors (Lipinski definition) is 9. The van der Waals surface area contributed by atoms with Crippen LogP contribution in [0.4, 0.5) is 4.79 Å². The highest BCUT2D eigenvalue weighted by Gasteiger charge is 2.37. The van der Waals surface area contributed by atoms with E-state index in [1.165, 1.54) is 0 Å². The minimum Gasteiger partial charge on any atom is -0.487 e. The molecule has 0 aliphatic carbocycles. The lowest BCUT2D eigenvalue weighted by Crippen LogP contribution is -2.58. The third-order valence-corrected chi connectivity index (χ3v) is 18.1. The van der Waals surface area contributed by atoms with E-state index in [-0.39, 0.29) is 73.9 Å². The summed E-state index contributed by atoms with van der Waals surface area (Å²) in [7, 11) is -8.39. The number of hydrogen-bond acceptors (Lipinski definition) is 15. The van der Waals surface area contributed by atoms with E-state index in [2.05, 4.69) is 45.5 Å². The molecule has 0 fully saturated rings. The summed E-state index contributed by atoms with van der Waals surface area (Å²) in [6, 6.07) is -4.98. The summed E-state index contributed by atoms with van der Waals surface area (Å²) in [6.45, 7) is 27.0. The maximum atomic E-state index is 14.2. The van der Waals surface area contributed by atoms with Crippen LogP contribution in [0.5, 0.6) is 11.5 Å². The molecule has 0 aromatic heterocycles. The Bertz CT molecular complexity index is 3150. The number of nitrogens with one attached hydrogen (secondary N) is 6. The molecule has 2 aliphatic rings. The van der Waals surface area contributed by atoms with Crippen LogP contribution in [0, 0.1) is 47.5 Å². The second-order valence-electron chi connectivity index (χ2n) is 24.3. The third-order valence-electron chi connectivity index (χ3n) is 14.9. The van der Waals surface area contributed by atoms with E-state index >= 15 is 0 Å². The minimum atomic E-state index is -4.22. The van der Waals surface area contributed by atoms with Crippen molar-refractivity contribution < 1.29 is 59.8 Å². The molecular weight excluding hydrogens is 1120 g/mol. The highest BCUT2D eigenvalue weighted by Crippen LogP contribution is 2.43. The van der Waals surface area contributed by atoms with Crippen molar-refractivity contribution in [1.29, 1.82) is 0 Å². The van der Waals surface area contributed by atoms with Crippen LogP contribution in [0.1, 0.15) is 165 Å². The van der Waals surface area contributed by atoms with Gasteiger partial charge in [-0.3, -0.25) is 29.2 Å². The number of sulfonamides is 2. The zero-order chi connectivity index (χ0) is 63.4. The Kier molecular flexibility index (Phi) is 23.9. The minimum absolute atomic E-state index is 0.000935. The van der Waals surface area contributed by atoms with Gasteiger partial charge >= 0.3 is 12.3 Å². The molecule has 0 saturated heterocycles. The number of nitrogens with two attached hydrogens (primary N) is 3. The van der Waals surface area contributed by atoms with Gasteiger partial charge in [-0.1, -0.05) is 13.8 Å². The molecule has 0 saturated carbocycles. The Morgan fingerprint density at radius 2 is 1.12 bits per heavy atom. The summed E-state index contributed by atoms with van der Waals surface area (Å²) in [5, 5.41) is 10.6. The molecule has 84 heavy (non-hydrogen) atoms. The molecule has 2 aromatic rings. The van der Waals surface area contributed by atoms with Gasteiger partial charge in [0.1, 0.15) is 40.4 Å². The number of rotatable bonds is 26. The van der Waals surface area contributed by atoms with Gasteiger partial charge in [0.2, 0.25) is 29.6 Å². The first-order valence-corrected chi connectivity index (χ1v) is 31.4. The lowest BCUT2D eigenvalue weighted by atomic mass is 9.88. The number of aliphatic imine (C=N–C) groups is 2. The van der Waals surface area contributed by atoms with Crippen molar-refractivity contribution in [2.75, 3.05) is 19.6 Å². The van der Waals surface area contributed by atoms with E-state index in [0.717, 1.165) is 16.7 Å². The second kappa shape index (κ2) is 28.8. The van der Waals surface area contributed by atoms with Crippen molar-refractivity contribution in [3.8, 4) is 11.5 Å². The van der Waals surface area contributed by atoms with Crippen molar-refractivity contribution in [1.82, 2.24) is 30.7 Å². The normalized spacial score (nSPS) is 16.4. The van der Waals surface area contributed by atoms with Gasteiger partial charge in [-0.2, -0.15) is 4.79 Å². The molecule has 0 bridgehead atoms. The Morgan fingerprint density at radius 1 is 0.667 bits per heavy atom. The van der Waals surface area contributed by atoms with Crippen molar-refractivity contribution in [3.63, 3.8) is 0 Å². The molecule has 2 aliphatic heterocycles. The standard InChI is InChI=1S/C57H91N13O12S2/c1-31(2)44(68-49(72)40(58)20-18-28-62-52(59)69-83(76,77)47-34(5)32(3)45-38(36(47)7)23-25-56(12,13)80-45)51(74)67-42(21-16-17-27-64-54(75)82-55(9,10)11)50(73)66-41(43(71)30-65-61)22-19-29-63-53(60)70-84(78,79)48-35(6)33(4)46-39(37(48)8)24-26-57(14,15)81-46/h30-31,40-42,44H,16-29,58H2,1-15H3,(H,64,75)(H,66,73)(H,67,74)(H,68,72)(H3,59,62,69)(H3,60,63,70)/t40-,41-,42-,44-/m0/s1. The molecule has 25 nitrogen and oxygen atoms in total. The number of benzene rings is 2. The summed E-state index contributed by atoms with van der Waals surface area (Å²) >= 11 is 0. The maximum Gasteiger partial charge on any atom is 0.407 e. The van der Waals surface area contributed by atoms with Crippen LogP contribution in [-0.4, -0.2) is 130 Å². The van der Waals surface area contributed by atoms with Crippen LogP contribution in [-0.2, 0) is 56.8 Å². The van der Waals surface area contributed by atoms with Gasteiger partial charge in [-0.05, 0) is 211 Å². The first-order chi connectivity index (χ1) is 38.8. The van der Waals surface area contributed by atoms with Crippen LogP contribution in [0.25, 0.3) is 5.53 Å². The first-order valence-electron chi connectivity index (χ1n) is 28.5. The Hall–Kier alpha value is -6.83. The van der Waals surface area contributed by atoms with E-state index in [4.69, 9.17) is 31.4 Å². The van der Waals surface area contributed by atoms with Gasteiger partial charge in [0, 0.05) is 19.6 Å². The molecule has 12 N–H and O–H groups in total. The van der Waals surface area contributed by atoms with Gasteiger partial charge in [0.05, 0.1) is 21.9 Å². The fourth-order valence-corrected chi connectivity index (χ4v) is 13.1. The number of carbonyl (C=O) groups excluding carboxylic acids is 5. The van der Waals surface area contributed by atoms with Gasteiger partial charge in [-0.25, -0.2) is 31.1 Å². The van der Waals surface area contributed by atoms with Crippen molar-refractivity contribution in [3.05, 3.63) is 50.0 Å². The molecule has 468 valence electrons. The number of carbonyl (C=O) groups is 5. The molecule has 0 radical (unpaired) electrons. The van der Waals surface area contributed by atoms with Gasteiger partial charge in [0.25, 0.3) is 25.8 Å². The highest BCUT2D eigenvalue weighted by atomic mass is 32.2. The van der Waals surface area contributed by atoms with Crippen LogP contribution < -0.4 is 57.4 Å². The molecular formula is C57H91N13O12S2. The maximum absolute atomic E-state index is 14.2. The monoisotopic (exact) mass is 1210 g/mol. The smallest absolute Gasteiger partial charge is 0.407 e. The molecule has 27 heteroatoms. The Morgan fingerprint density at radius 3 is 1.57 bits per heavy atom. The number of fused-ring (bicyclic) bond motifs is 2. The van der Waals surface area contributed by atoms with Crippen LogP contribution >= 0.6 is 0 Å². The molecule has 4 rings (SSSR count). The summed E-state index contributed by atoms with van der Waals surface area (Å²) in [5.74, 6) is -3.00. The van der Waals surface area contributed by atoms with Gasteiger partial charge < -0.3 is 58.2 Å². The second-order valence-corrected chi connectivity index (χ2v) is 27.5. The fourth-order valence-electron chi connectivity index (χ4n) is 10.1. The van der Waals surface area contributed by atoms with Crippen molar-refractivity contribution in [2.45, 2.75) is 225 Å². The lowest BCUT2D eigenvalue weighted by molar-refractivity contribution is -0.134. The van der Waals surface area contributed by atoms with Crippen LogP contribution in [0.3, 0.4) is 0 Å². The number of Topliss-reactive ketones (excluding diaryl/α,β-unsaturated/α-hetero) is 1. The number of unbranched alkanes of at least 4 members (excludes halogenated alkanes) is 1. The lowest BCUT2D eigenvalue weighted by Gasteiger charge is -2.35. The van der Waals surface area contributed by atoms with E-state index in [1.807, 2.05) is 41.5 Å². The quantitative estimate of drug-likeness (QED) is 0.0210. The Labute approximate surface area is 495 Å². The van der Waals surface area contributed by atoms with Gasteiger partial charge in [-0.15, -0.1) is 0 Å². The molecule has 4 amide bonds. The van der Waals surface area contributed by atoms with Gasteiger partial charge in [0.15, 0.2) is 0 Å². The first kappa shape index (κ1) is 69.7. The Balaban J connectivity index is 1.43. The third kappa shape index (κ3) is 19.1. The average molecular weight is 1210 g/mol. The fraction of sp³-hybridized carbons (Fsp3) is 0.649. The zero-order valence-electron chi connectivity index (χ0n) is 51.6. The van der Waals surface area contributed by atoms with Crippen LogP contribution in [0.2, 0.25) is 0 Å². The molecule has 2 aromatic carbocycles. The zero-order valence-corrected chi connectivity index (χ0v) is 53.2. The highest BCUT2D eigenvalue weighted by molar-refractivity contribution is 7.90. The van der Waals surface area contributed by atoms with Crippen molar-refractivity contribution in [2.24, 2.45) is 33.1 Å². The largest absolute Gasteiger partial charge is 0.487 e. The number of guanidine groups is 2. The number of amides is 4. The van der Waals surface area contributed by atoms with Crippen molar-refractivity contribution >= 4 is 67.8 Å². The number of ether oxygens (including phenoxy) is 3. The van der Waals surface area contributed by atoms with E-state index in [0.29, 0.717) is 77.6 Å². The van der Waals surface area contributed by atoms with Crippen LogP contribution in [0.15, 0.2) is 19.8 Å². The van der Waals surface area contributed by atoms with E-state index < -0.39 is 102 Å². The van der Waals surface area contributed by atoms with E-state index in [9.17, 15) is 46.3 Å². The summed E-state index contributed by atoms with van der Waals surface area (Å²) < 4.78 is 77.6. The predicted molar refractivity (Wildman–Crippen MR) is 321 cm³/mol. The molecule has 0 unspecified atom stereocenters. The van der Waals surface area contributed by atoms with E-state index in [1.54, 1.807) is 62.3 Å². The number of alkyl carbamates (subject to hydrolysis) is 1. The summed E-state index contributed by atoms with van der Waals surface area (Å²) in [5.41, 5.74) is 31.4. The topological polar surface area (TPSA) is 393 Å². The molecule has 2 heterocycles.